The van der Waals surface area contributed by atoms with Crippen LogP contribution in [0.5, 0.6) is 0 Å². The molecule has 1 amide bonds. The maximum absolute atomic E-state index is 11.4. The molecule has 1 aromatic rings. The van der Waals surface area contributed by atoms with E-state index in [1.54, 1.807) is 6.21 Å². The van der Waals surface area contributed by atoms with Crippen LogP contribution in [0.4, 0.5) is 0 Å². The number of nitrogens with zero attached hydrogens (tertiary/aromatic N) is 1. The van der Waals surface area contributed by atoms with Crippen molar-refractivity contribution in [1.29, 1.82) is 0 Å². The number of hydrogen-bond acceptors (Lipinski definition) is 2. The Balaban J connectivity index is 2.36. The van der Waals surface area contributed by atoms with E-state index in [2.05, 4.69) is 17.5 Å². The minimum absolute atomic E-state index is 0.0165. The molecular weight excluding hydrogens is 236 g/mol. The fraction of sp³-hybridized carbons (Fsp3) is 0.375. The Bertz CT molecular complexity index is 435. The SMILES string of the molecule is CCCCCC(=O)N/N=C/C(C)=C/c1ccccc1. The number of rotatable bonds is 7. The summed E-state index contributed by atoms with van der Waals surface area (Å²) in [6, 6.07) is 10.0. The van der Waals surface area contributed by atoms with E-state index in [1.807, 2.05) is 43.3 Å². The summed E-state index contributed by atoms with van der Waals surface area (Å²) in [5, 5.41) is 3.95. The zero-order chi connectivity index (χ0) is 13.9. The molecule has 1 rings (SSSR count). The highest BCUT2D eigenvalue weighted by molar-refractivity contribution is 5.86. The van der Waals surface area contributed by atoms with Crippen molar-refractivity contribution in [2.75, 3.05) is 0 Å². The molecular formula is C16H22N2O. The Morgan fingerprint density at radius 2 is 2.00 bits per heavy atom. The van der Waals surface area contributed by atoms with Crippen LogP contribution < -0.4 is 5.43 Å². The summed E-state index contributed by atoms with van der Waals surface area (Å²) in [7, 11) is 0. The van der Waals surface area contributed by atoms with Crippen LogP contribution in [0.15, 0.2) is 41.0 Å². The first-order valence-corrected chi connectivity index (χ1v) is 6.77. The fourth-order valence-electron chi connectivity index (χ4n) is 1.65. The van der Waals surface area contributed by atoms with Gasteiger partial charge in [-0.25, -0.2) is 5.43 Å². The fourth-order valence-corrected chi connectivity index (χ4v) is 1.65. The maximum Gasteiger partial charge on any atom is 0.240 e. The summed E-state index contributed by atoms with van der Waals surface area (Å²) in [4.78, 5) is 11.4. The second-order valence-corrected chi connectivity index (χ2v) is 4.55. The van der Waals surface area contributed by atoms with Crippen LogP contribution >= 0.6 is 0 Å². The van der Waals surface area contributed by atoms with Gasteiger partial charge in [0.1, 0.15) is 0 Å². The van der Waals surface area contributed by atoms with Crippen molar-refractivity contribution in [2.24, 2.45) is 5.10 Å². The molecule has 0 atom stereocenters. The minimum atomic E-state index is -0.0165. The number of carbonyl (C=O) groups excluding carboxylic acids is 1. The van der Waals surface area contributed by atoms with Crippen molar-refractivity contribution in [3.63, 3.8) is 0 Å². The number of benzene rings is 1. The van der Waals surface area contributed by atoms with Crippen LogP contribution in [0.1, 0.15) is 45.1 Å². The number of unbranched alkanes of at least 4 members (excludes halogenated alkanes) is 2. The van der Waals surface area contributed by atoms with Gasteiger partial charge in [-0.1, -0.05) is 56.2 Å². The summed E-state index contributed by atoms with van der Waals surface area (Å²) in [5.74, 6) is -0.0165. The van der Waals surface area contributed by atoms with Crippen LogP contribution in [0.2, 0.25) is 0 Å². The molecule has 0 saturated heterocycles. The Morgan fingerprint density at radius 1 is 1.26 bits per heavy atom. The summed E-state index contributed by atoms with van der Waals surface area (Å²) in [6.45, 7) is 4.08. The third-order valence-electron chi connectivity index (χ3n) is 2.66. The minimum Gasteiger partial charge on any atom is -0.273 e. The van der Waals surface area contributed by atoms with E-state index < -0.39 is 0 Å². The molecule has 1 aromatic carbocycles. The first kappa shape index (κ1) is 15.2. The van der Waals surface area contributed by atoms with Crippen molar-refractivity contribution in [3.05, 3.63) is 41.5 Å². The zero-order valence-corrected chi connectivity index (χ0v) is 11.7. The van der Waals surface area contributed by atoms with Gasteiger partial charge in [-0.15, -0.1) is 0 Å². The Labute approximate surface area is 115 Å². The third kappa shape index (κ3) is 7.19. The molecule has 3 heteroatoms. The molecule has 3 nitrogen and oxygen atoms in total. The quantitative estimate of drug-likeness (QED) is 0.451. The van der Waals surface area contributed by atoms with Gasteiger partial charge >= 0.3 is 0 Å². The van der Waals surface area contributed by atoms with Crippen LogP contribution in [0.25, 0.3) is 6.08 Å². The molecule has 0 bridgehead atoms. The van der Waals surface area contributed by atoms with E-state index >= 15 is 0 Å². The molecule has 1 N–H and O–H groups in total. The largest absolute Gasteiger partial charge is 0.273 e. The second kappa shape index (κ2) is 9.09. The van der Waals surface area contributed by atoms with Gasteiger partial charge in [0.15, 0.2) is 0 Å². The van der Waals surface area contributed by atoms with E-state index in [0.29, 0.717) is 6.42 Å². The highest BCUT2D eigenvalue weighted by atomic mass is 16.2. The molecule has 102 valence electrons. The number of amides is 1. The molecule has 19 heavy (non-hydrogen) atoms. The van der Waals surface area contributed by atoms with E-state index in [4.69, 9.17) is 0 Å². The molecule has 0 aliphatic carbocycles. The first-order chi connectivity index (χ1) is 9.22. The van der Waals surface area contributed by atoms with E-state index in [1.165, 1.54) is 0 Å². The zero-order valence-electron chi connectivity index (χ0n) is 11.7. The summed E-state index contributed by atoms with van der Waals surface area (Å²) < 4.78 is 0. The van der Waals surface area contributed by atoms with Crippen LogP contribution in [0, 0.1) is 0 Å². The highest BCUT2D eigenvalue weighted by Gasteiger charge is 1.97. The van der Waals surface area contributed by atoms with Crippen molar-refractivity contribution in [1.82, 2.24) is 5.43 Å². The normalized spacial score (nSPS) is 11.8. The van der Waals surface area contributed by atoms with E-state index in [0.717, 1.165) is 30.4 Å². The standard InChI is InChI=1S/C16H22N2O/c1-3-4-6-11-16(19)18-17-13-14(2)12-15-9-7-5-8-10-15/h5,7-10,12-13H,3-4,6,11H2,1-2H3,(H,18,19)/b14-12+,17-13+. The van der Waals surface area contributed by atoms with Crippen molar-refractivity contribution in [3.8, 4) is 0 Å². The van der Waals surface area contributed by atoms with Gasteiger partial charge in [0.05, 0.1) is 6.21 Å². The Morgan fingerprint density at radius 3 is 2.68 bits per heavy atom. The molecule has 0 spiro atoms. The monoisotopic (exact) mass is 258 g/mol. The number of carbonyl (C=O) groups is 1. The number of allylic oxidation sites excluding steroid dienone is 1. The average Bonchev–Trinajstić information content (AvgIpc) is 2.40. The lowest BCUT2D eigenvalue weighted by Gasteiger charge is -1.99. The smallest absolute Gasteiger partial charge is 0.240 e. The molecule has 0 fully saturated rings. The molecule has 0 heterocycles. The molecule has 0 radical (unpaired) electrons. The lowest BCUT2D eigenvalue weighted by atomic mass is 10.1. The van der Waals surface area contributed by atoms with Crippen LogP contribution in [0.3, 0.4) is 0 Å². The predicted molar refractivity (Wildman–Crippen MR) is 80.9 cm³/mol. The predicted octanol–water partition coefficient (Wildman–Crippen LogP) is 3.77. The van der Waals surface area contributed by atoms with E-state index in [9.17, 15) is 4.79 Å². The highest BCUT2D eigenvalue weighted by Crippen LogP contribution is 2.04. The number of hydrazone groups is 1. The van der Waals surface area contributed by atoms with Crippen LogP contribution in [-0.2, 0) is 4.79 Å². The Hall–Kier alpha value is -1.90. The summed E-state index contributed by atoms with van der Waals surface area (Å²) in [5.41, 5.74) is 4.67. The Kier molecular flexibility index (Phi) is 7.25. The number of nitrogens with one attached hydrogen (secondary N) is 1. The second-order valence-electron chi connectivity index (χ2n) is 4.55. The summed E-state index contributed by atoms with van der Waals surface area (Å²) >= 11 is 0. The topological polar surface area (TPSA) is 41.5 Å². The first-order valence-electron chi connectivity index (χ1n) is 6.77. The van der Waals surface area contributed by atoms with Gasteiger partial charge in [-0.05, 0) is 24.5 Å². The maximum atomic E-state index is 11.4. The van der Waals surface area contributed by atoms with Gasteiger partial charge in [-0.3, -0.25) is 4.79 Å². The third-order valence-corrected chi connectivity index (χ3v) is 2.66. The molecule has 0 aliphatic rings. The van der Waals surface area contributed by atoms with Gasteiger partial charge in [0.25, 0.3) is 0 Å². The molecule has 0 saturated carbocycles. The lowest BCUT2D eigenvalue weighted by Crippen LogP contribution is -2.16. The summed E-state index contributed by atoms with van der Waals surface area (Å²) in [6.07, 6.45) is 7.38. The van der Waals surface area contributed by atoms with Gasteiger partial charge in [0.2, 0.25) is 5.91 Å². The number of hydrogen-bond donors (Lipinski definition) is 1. The molecule has 0 unspecified atom stereocenters. The van der Waals surface area contributed by atoms with Crippen LogP contribution in [-0.4, -0.2) is 12.1 Å². The van der Waals surface area contributed by atoms with Gasteiger partial charge in [0, 0.05) is 6.42 Å². The van der Waals surface area contributed by atoms with Gasteiger partial charge < -0.3 is 0 Å². The molecule has 0 aromatic heterocycles. The van der Waals surface area contributed by atoms with Crippen molar-refractivity contribution < 1.29 is 4.79 Å². The lowest BCUT2D eigenvalue weighted by molar-refractivity contribution is -0.121. The van der Waals surface area contributed by atoms with Gasteiger partial charge in [-0.2, -0.15) is 5.10 Å². The van der Waals surface area contributed by atoms with Crippen molar-refractivity contribution >= 4 is 18.2 Å². The molecule has 0 aliphatic heterocycles. The van der Waals surface area contributed by atoms with E-state index in [-0.39, 0.29) is 5.91 Å². The van der Waals surface area contributed by atoms with Crippen molar-refractivity contribution in [2.45, 2.75) is 39.5 Å². The average molecular weight is 258 g/mol.